The molecule has 2 aromatic heterocycles. The number of aryl methyl sites for hydroxylation is 1. The van der Waals surface area contributed by atoms with Crippen molar-refractivity contribution in [1.82, 2.24) is 14.8 Å². The highest BCUT2D eigenvalue weighted by molar-refractivity contribution is 6.01. The van der Waals surface area contributed by atoms with E-state index >= 15 is 0 Å². The topological polar surface area (TPSA) is 71.6 Å². The molecule has 0 fully saturated rings. The van der Waals surface area contributed by atoms with Crippen LogP contribution in [0.3, 0.4) is 0 Å². The van der Waals surface area contributed by atoms with E-state index in [9.17, 15) is 4.79 Å². The third-order valence-corrected chi connectivity index (χ3v) is 2.46. The molecular weight excluding hydrogens is 204 g/mol. The molecule has 0 aliphatic rings. The molecule has 5 nitrogen and oxygen atoms in total. The lowest BCUT2D eigenvalue weighted by atomic mass is 10.1. The number of nitriles is 1. The third-order valence-electron chi connectivity index (χ3n) is 2.46. The van der Waals surface area contributed by atoms with Gasteiger partial charge in [0.05, 0.1) is 22.7 Å². The Bertz CT molecular complexity index is 606. The summed E-state index contributed by atoms with van der Waals surface area (Å²) in [5.74, 6) is -0.157. The normalized spacial score (nSPS) is 10.3. The van der Waals surface area contributed by atoms with Gasteiger partial charge in [0.25, 0.3) is 0 Å². The molecule has 2 rings (SSSR count). The van der Waals surface area contributed by atoms with Crippen molar-refractivity contribution in [3.63, 3.8) is 0 Å². The molecule has 0 aliphatic heterocycles. The molecule has 2 heterocycles. The van der Waals surface area contributed by atoms with Gasteiger partial charge in [-0.1, -0.05) is 0 Å². The Kier molecular flexibility index (Phi) is 2.41. The van der Waals surface area contributed by atoms with Gasteiger partial charge in [0.1, 0.15) is 6.07 Å². The highest BCUT2D eigenvalue weighted by Crippen LogP contribution is 2.19. The molecule has 16 heavy (non-hydrogen) atoms. The fourth-order valence-electron chi connectivity index (χ4n) is 1.65. The Morgan fingerprint density at radius 1 is 1.56 bits per heavy atom. The molecule has 0 aromatic carbocycles. The van der Waals surface area contributed by atoms with E-state index in [0.29, 0.717) is 28.7 Å². The molecule has 0 saturated carbocycles. The smallest absolute Gasteiger partial charge is 0.162 e. The number of hydrogen-bond donors (Lipinski definition) is 0. The number of fused-ring (bicyclic) bond motifs is 1. The third kappa shape index (κ3) is 1.36. The zero-order chi connectivity index (χ0) is 11.7. The molecule has 0 amide bonds. The van der Waals surface area contributed by atoms with Crippen LogP contribution in [0.1, 0.15) is 29.8 Å². The van der Waals surface area contributed by atoms with Crippen LogP contribution in [0.5, 0.6) is 0 Å². The Morgan fingerprint density at radius 2 is 2.31 bits per heavy atom. The second-order valence-corrected chi connectivity index (χ2v) is 3.41. The largest absolute Gasteiger partial charge is 0.294 e. The average molecular weight is 214 g/mol. The number of carbonyl (C=O) groups excluding carboxylic acids is 1. The zero-order valence-electron chi connectivity index (χ0n) is 9.06. The minimum atomic E-state index is -0.157. The zero-order valence-corrected chi connectivity index (χ0v) is 9.06. The number of ketones is 1. The van der Waals surface area contributed by atoms with Crippen molar-refractivity contribution in [1.29, 1.82) is 5.26 Å². The van der Waals surface area contributed by atoms with Gasteiger partial charge >= 0.3 is 0 Å². The summed E-state index contributed by atoms with van der Waals surface area (Å²) in [6.45, 7) is 4.05. The number of carbonyl (C=O) groups is 1. The van der Waals surface area contributed by atoms with E-state index in [0.717, 1.165) is 0 Å². The Hall–Kier alpha value is -2.22. The first-order chi connectivity index (χ1) is 7.69. The van der Waals surface area contributed by atoms with E-state index in [1.807, 2.05) is 13.0 Å². The lowest BCUT2D eigenvalue weighted by Gasteiger charge is -2.01. The van der Waals surface area contributed by atoms with Crippen molar-refractivity contribution in [3.8, 4) is 6.07 Å². The second kappa shape index (κ2) is 3.74. The van der Waals surface area contributed by atoms with Crippen LogP contribution in [0.2, 0.25) is 0 Å². The molecule has 0 bridgehead atoms. The number of aromatic nitrogens is 3. The molecule has 0 N–H and O–H groups in total. The predicted octanol–water partition coefficient (Wildman–Crippen LogP) is 1.53. The van der Waals surface area contributed by atoms with Gasteiger partial charge in [0.2, 0.25) is 0 Å². The van der Waals surface area contributed by atoms with E-state index in [4.69, 9.17) is 5.26 Å². The van der Waals surface area contributed by atoms with E-state index in [2.05, 4.69) is 10.1 Å². The minimum absolute atomic E-state index is 0.157. The number of pyridine rings is 1. The molecule has 2 aromatic rings. The fourth-order valence-corrected chi connectivity index (χ4v) is 1.65. The molecule has 5 heteroatoms. The van der Waals surface area contributed by atoms with Crippen molar-refractivity contribution in [2.45, 2.75) is 20.4 Å². The van der Waals surface area contributed by atoms with E-state index in [1.54, 1.807) is 10.9 Å². The first-order valence-corrected chi connectivity index (χ1v) is 4.94. The Morgan fingerprint density at radius 3 is 2.88 bits per heavy atom. The summed E-state index contributed by atoms with van der Waals surface area (Å²) in [5.41, 5.74) is 1.35. The fraction of sp³-hybridized carbons (Fsp3) is 0.273. The average Bonchev–Trinajstić information content (AvgIpc) is 2.70. The molecule has 80 valence electrons. The van der Waals surface area contributed by atoms with Gasteiger partial charge in [0, 0.05) is 12.7 Å². The second-order valence-electron chi connectivity index (χ2n) is 3.41. The van der Waals surface area contributed by atoms with Crippen LogP contribution in [0.25, 0.3) is 11.0 Å². The maximum atomic E-state index is 11.3. The monoisotopic (exact) mass is 214 g/mol. The molecule has 0 unspecified atom stereocenters. The summed E-state index contributed by atoms with van der Waals surface area (Å²) in [7, 11) is 0. The summed E-state index contributed by atoms with van der Waals surface area (Å²) in [6, 6.07) is 2.04. The van der Waals surface area contributed by atoms with Crippen LogP contribution in [0.15, 0.2) is 12.4 Å². The standard InChI is InChI=1S/C11H10N4O/c1-3-15-11-10(6-14-15)8(4-12)9(5-13-11)7(2)16/h5-6H,3H2,1-2H3. The Balaban J connectivity index is 2.83. The van der Waals surface area contributed by atoms with Gasteiger partial charge in [-0.2, -0.15) is 10.4 Å². The van der Waals surface area contributed by atoms with Crippen molar-refractivity contribution in [2.75, 3.05) is 0 Å². The maximum absolute atomic E-state index is 11.3. The van der Waals surface area contributed by atoms with Crippen molar-refractivity contribution in [2.24, 2.45) is 0 Å². The van der Waals surface area contributed by atoms with Gasteiger partial charge in [0.15, 0.2) is 11.4 Å². The Labute approximate surface area is 92.3 Å². The van der Waals surface area contributed by atoms with Crippen LogP contribution in [-0.4, -0.2) is 20.5 Å². The van der Waals surface area contributed by atoms with Gasteiger partial charge in [-0.3, -0.25) is 4.79 Å². The molecule has 0 spiro atoms. The van der Waals surface area contributed by atoms with Gasteiger partial charge in [-0.05, 0) is 13.8 Å². The lowest BCUT2D eigenvalue weighted by Crippen LogP contribution is -2.01. The SMILES string of the molecule is CCn1ncc2c(C#N)c(C(C)=O)cnc21. The predicted molar refractivity (Wildman–Crippen MR) is 57.9 cm³/mol. The molecule has 0 radical (unpaired) electrons. The summed E-state index contributed by atoms with van der Waals surface area (Å²) in [4.78, 5) is 15.5. The minimum Gasteiger partial charge on any atom is -0.294 e. The van der Waals surface area contributed by atoms with Crippen LogP contribution in [0, 0.1) is 11.3 Å². The highest BCUT2D eigenvalue weighted by atomic mass is 16.1. The van der Waals surface area contributed by atoms with Gasteiger partial charge in [-0.15, -0.1) is 0 Å². The first kappa shape index (κ1) is 10.3. The van der Waals surface area contributed by atoms with Crippen LogP contribution in [0.4, 0.5) is 0 Å². The first-order valence-electron chi connectivity index (χ1n) is 4.94. The number of rotatable bonds is 2. The molecule has 0 aliphatic carbocycles. The number of nitrogens with zero attached hydrogens (tertiary/aromatic N) is 4. The van der Waals surface area contributed by atoms with Crippen LogP contribution in [-0.2, 0) is 6.54 Å². The summed E-state index contributed by atoms with van der Waals surface area (Å²) in [6.07, 6.45) is 3.02. The molecule has 0 saturated heterocycles. The number of hydrogen-bond acceptors (Lipinski definition) is 4. The van der Waals surface area contributed by atoms with E-state index < -0.39 is 0 Å². The number of Topliss-reactive ketones (excluding diaryl/α,β-unsaturated/α-hetero) is 1. The summed E-state index contributed by atoms with van der Waals surface area (Å²) in [5, 5.41) is 13.8. The lowest BCUT2D eigenvalue weighted by molar-refractivity contribution is 0.101. The van der Waals surface area contributed by atoms with E-state index in [-0.39, 0.29) is 5.78 Å². The maximum Gasteiger partial charge on any atom is 0.162 e. The van der Waals surface area contributed by atoms with Crippen LogP contribution < -0.4 is 0 Å². The molecule has 0 atom stereocenters. The van der Waals surface area contributed by atoms with Gasteiger partial charge in [-0.25, -0.2) is 9.67 Å². The summed E-state index contributed by atoms with van der Waals surface area (Å²) >= 11 is 0. The van der Waals surface area contributed by atoms with Crippen molar-refractivity contribution < 1.29 is 4.79 Å². The van der Waals surface area contributed by atoms with E-state index in [1.165, 1.54) is 13.1 Å². The van der Waals surface area contributed by atoms with Crippen LogP contribution >= 0.6 is 0 Å². The molecular formula is C11H10N4O. The summed E-state index contributed by atoms with van der Waals surface area (Å²) < 4.78 is 1.69. The quantitative estimate of drug-likeness (QED) is 0.710. The van der Waals surface area contributed by atoms with Crippen molar-refractivity contribution in [3.05, 3.63) is 23.5 Å². The highest BCUT2D eigenvalue weighted by Gasteiger charge is 2.14. The van der Waals surface area contributed by atoms with Gasteiger partial charge < -0.3 is 0 Å². The van der Waals surface area contributed by atoms with Crippen molar-refractivity contribution >= 4 is 16.8 Å².